The number of rotatable bonds is 3. The lowest BCUT2D eigenvalue weighted by Gasteiger charge is -2.29. The number of hydrogen-bond acceptors (Lipinski definition) is 2. The van der Waals surface area contributed by atoms with Crippen molar-refractivity contribution in [3.05, 3.63) is 47.0 Å². The predicted molar refractivity (Wildman–Crippen MR) is 88.0 cm³/mol. The third-order valence-electron chi connectivity index (χ3n) is 4.50. The van der Waals surface area contributed by atoms with E-state index in [4.69, 9.17) is 0 Å². The Bertz CT molecular complexity index is 689. The summed E-state index contributed by atoms with van der Waals surface area (Å²) in [6.07, 6.45) is 2.55. The Morgan fingerprint density at radius 3 is 2.86 bits per heavy atom. The third kappa shape index (κ3) is 2.65. The number of imidazole rings is 1. The minimum Gasteiger partial charge on any atom is -0.346 e. The smallest absolute Gasteiger partial charge is 0.230 e. The molecule has 4 nitrogen and oxygen atoms in total. The summed E-state index contributed by atoms with van der Waals surface area (Å²) in [5.74, 6) is 1.23. The Kier molecular flexibility index (Phi) is 4.01. The molecule has 0 aliphatic heterocycles. The summed E-state index contributed by atoms with van der Waals surface area (Å²) < 4.78 is 0. The SMILES string of the molecule is CCN(C(=O)C1CCc2nc(C)[nH]c2C1)c1ccccc1C. The van der Waals surface area contributed by atoms with Crippen LogP contribution in [0, 0.1) is 19.8 Å². The molecule has 1 aliphatic carbocycles. The molecule has 1 unspecified atom stereocenters. The molecule has 1 atom stereocenters. The van der Waals surface area contributed by atoms with Crippen molar-refractivity contribution in [3.63, 3.8) is 0 Å². The summed E-state index contributed by atoms with van der Waals surface area (Å²) in [4.78, 5) is 22.7. The van der Waals surface area contributed by atoms with E-state index in [1.807, 2.05) is 36.9 Å². The van der Waals surface area contributed by atoms with Gasteiger partial charge in [-0.05, 0) is 45.2 Å². The lowest BCUT2D eigenvalue weighted by atomic mass is 9.88. The molecule has 2 aromatic rings. The van der Waals surface area contributed by atoms with E-state index in [1.165, 1.54) is 0 Å². The number of aryl methyl sites for hydroxylation is 3. The average Bonchev–Trinajstić information content (AvgIpc) is 2.88. The second kappa shape index (κ2) is 5.95. The Balaban J connectivity index is 1.82. The number of hydrogen-bond donors (Lipinski definition) is 1. The number of nitrogens with one attached hydrogen (secondary N) is 1. The second-order valence-corrected chi connectivity index (χ2v) is 6.06. The molecule has 0 bridgehead atoms. The Hall–Kier alpha value is -2.10. The fourth-order valence-corrected chi connectivity index (χ4v) is 3.37. The molecule has 3 rings (SSSR count). The van der Waals surface area contributed by atoms with E-state index in [-0.39, 0.29) is 11.8 Å². The molecule has 4 heteroatoms. The van der Waals surface area contributed by atoms with E-state index in [1.54, 1.807) is 0 Å². The number of carbonyl (C=O) groups is 1. The molecular weight excluding hydrogens is 274 g/mol. The van der Waals surface area contributed by atoms with E-state index in [2.05, 4.69) is 23.0 Å². The normalized spacial score (nSPS) is 17.1. The van der Waals surface area contributed by atoms with E-state index in [9.17, 15) is 4.79 Å². The van der Waals surface area contributed by atoms with Crippen LogP contribution in [0.2, 0.25) is 0 Å². The van der Waals surface area contributed by atoms with Gasteiger partial charge in [0.15, 0.2) is 0 Å². The fraction of sp³-hybridized carbons (Fsp3) is 0.444. The van der Waals surface area contributed by atoms with Crippen LogP contribution in [0.5, 0.6) is 0 Å². The van der Waals surface area contributed by atoms with Gasteiger partial charge in [0.05, 0.1) is 5.69 Å². The maximum atomic E-state index is 13.0. The van der Waals surface area contributed by atoms with Crippen LogP contribution < -0.4 is 4.90 Å². The number of anilines is 1. The van der Waals surface area contributed by atoms with E-state index < -0.39 is 0 Å². The van der Waals surface area contributed by atoms with Crippen molar-refractivity contribution in [1.29, 1.82) is 0 Å². The van der Waals surface area contributed by atoms with Crippen LogP contribution in [0.3, 0.4) is 0 Å². The number of aromatic nitrogens is 2. The standard InChI is InChI=1S/C18H23N3O/c1-4-21(17-8-6-5-7-12(17)2)18(22)14-9-10-15-16(11-14)20-13(3)19-15/h5-8,14H,4,9-11H2,1-3H3,(H,19,20). The molecule has 0 saturated heterocycles. The molecule has 1 heterocycles. The third-order valence-corrected chi connectivity index (χ3v) is 4.50. The van der Waals surface area contributed by atoms with Crippen molar-refractivity contribution in [2.24, 2.45) is 5.92 Å². The van der Waals surface area contributed by atoms with Gasteiger partial charge in [0, 0.05) is 30.3 Å². The van der Waals surface area contributed by atoms with Crippen LogP contribution in [0.25, 0.3) is 0 Å². The largest absolute Gasteiger partial charge is 0.346 e. The van der Waals surface area contributed by atoms with Gasteiger partial charge in [-0.25, -0.2) is 4.98 Å². The summed E-state index contributed by atoms with van der Waals surface area (Å²) in [7, 11) is 0. The topological polar surface area (TPSA) is 49.0 Å². The zero-order valence-corrected chi connectivity index (χ0v) is 13.5. The Labute approximate surface area is 131 Å². The van der Waals surface area contributed by atoms with Gasteiger partial charge in [-0.3, -0.25) is 4.79 Å². The maximum absolute atomic E-state index is 13.0. The molecule has 1 aromatic carbocycles. The average molecular weight is 297 g/mol. The summed E-state index contributed by atoms with van der Waals surface area (Å²) >= 11 is 0. The van der Waals surface area contributed by atoms with Crippen molar-refractivity contribution >= 4 is 11.6 Å². The molecule has 1 aliphatic rings. The molecule has 116 valence electrons. The first-order valence-corrected chi connectivity index (χ1v) is 8.01. The zero-order valence-electron chi connectivity index (χ0n) is 13.5. The van der Waals surface area contributed by atoms with Crippen LogP contribution in [0.1, 0.15) is 36.1 Å². The number of carbonyl (C=O) groups excluding carboxylic acids is 1. The fourth-order valence-electron chi connectivity index (χ4n) is 3.37. The van der Waals surface area contributed by atoms with Crippen LogP contribution in [-0.4, -0.2) is 22.4 Å². The quantitative estimate of drug-likeness (QED) is 0.946. The number of benzene rings is 1. The maximum Gasteiger partial charge on any atom is 0.230 e. The van der Waals surface area contributed by atoms with Crippen molar-refractivity contribution in [2.75, 3.05) is 11.4 Å². The number of para-hydroxylation sites is 1. The van der Waals surface area contributed by atoms with E-state index >= 15 is 0 Å². The van der Waals surface area contributed by atoms with Crippen molar-refractivity contribution in [3.8, 4) is 0 Å². The lowest BCUT2D eigenvalue weighted by Crippen LogP contribution is -2.38. The monoisotopic (exact) mass is 297 g/mol. The highest BCUT2D eigenvalue weighted by molar-refractivity contribution is 5.96. The first-order valence-electron chi connectivity index (χ1n) is 8.01. The Morgan fingerprint density at radius 2 is 2.14 bits per heavy atom. The van der Waals surface area contributed by atoms with Crippen LogP contribution in [-0.2, 0) is 17.6 Å². The highest BCUT2D eigenvalue weighted by Crippen LogP contribution is 2.28. The number of nitrogens with zero attached hydrogens (tertiary/aromatic N) is 2. The molecule has 22 heavy (non-hydrogen) atoms. The Morgan fingerprint density at radius 1 is 1.36 bits per heavy atom. The molecule has 0 spiro atoms. The molecule has 0 fully saturated rings. The van der Waals surface area contributed by atoms with Gasteiger partial charge in [-0.1, -0.05) is 18.2 Å². The molecule has 1 amide bonds. The van der Waals surface area contributed by atoms with Crippen molar-refractivity contribution in [1.82, 2.24) is 9.97 Å². The van der Waals surface area contributed by atoms with Crippen LogP contribution in [0.4, 0.5) is 5.69 Å². The number of amides is 1. The molecule has 1 N–H and O–H groups in total. The highest BCUT2D eigenvalue weighted by Gasteiger charge is 2.30. The van der Waals surface area contributed by atoms with Crippen LogP contribution >= 0.6 is 0 Å². The van der Waals surface area contributed by atoms with Gasteiger partial charge in [-0.2, -0.15) is 0 Å². The van der Waals surface area contributed by atoms with Crippen LogP contribution in [0.15, 0.2) is 24.3 Å². The summed E-state index contributed by atoms with van der Waals surface area (Å²) in [6.45, 7) is 6.78. The predicted octanol–water partition coefficient (Wildman–Crippen LogP) is 3.18. The summed E-state index contributed by atoms with van der Waals surface area (Å²) in [5, 5.41) is 0. The van der Waals surface area contributed by atoms with Gasteiger partial charge < -0.3 is 9.88 Å². The summed E-state index contributed by atoms with van der Waals surface area (Å²) in [6, 6.07) is 8.10. The minimum atomic E-state index is 0.0481. The zero-order chi connectivity index (χ0) is 15.7. The minimum absolute atomic E-state index is 0.0481. The van der Waals surface area contributed by atoms with E-state index in [0.29, 0.717) is 6.54 Å². The molecule has 0 saturated carbocycles. The second-order valence-electron chi connectivity index (χ2n) is 6.06. The molecule has 0 radical (unpaired) electrons. The molecular formula is C18H23N3O. The lowest BCUT2D eigenvalue weighted by molar-refractivity contribution is -0.122. The first-order chi connectivity index (χ1) is 10.6. The van der Waals surface area contributed by atoms with Gasteiger partial charge in [0.25, 0.3) is 0 Å². The van der Waals surface area contributed by atoms with Crippen molar-refractivity contribution < 1.29 is 4.79 Å². The van der Waals surface area contributed by atoms with Gasteiger partial charge in [0.1, 0.15) is 5.82 Å². The van der Waals surface area contributed by atoms with E-state index in [0.717, 1.165) is 47.7 Å². The van der Waals surface area contributed by atoms with Gasteiger partial charge in [0.2, 0.25) is 5.91 Å². The first kappa shape index (κ1) is 14.8. The summed E-state index contributed by atoms with van der Waals surface area (Å²) in [5.41, 5.74) is 4.46. The number of fused-ring (bicyclic) bond motifs is 1. The highest BCUT2D eigenvalue weighted by atomic mass is 16.2. The molecule has 1 aromatic heterocycles. The number of H-pyrrole nitrogens is 1. The number of aromatic amines is 1. The van der Waals surface area contributed by atoms with Crippen molar-refractivity contribution in [2.45, 2.75) is 40.0 Å². The van der Waals surface area contributed by atoms with Gasteiger partial charge >= 0.3 is 0 Å². The van der Waals surface area contributed by atoms with Gasteiger partial charge in [-0.15, -0.1) is 0 Å².